The summed E-state index contributed by atoms with van der Waals surface area (Å²) in [6.07, 6.45) is 1.16. The molecule has 7 heteroatoms. The Hall–Kier alpha value is -3.71. The maximum Gasteiger partial charge on any atom is 0.150 e. The van der Waals surface area contributed by atoms with E-state index in [0.717, 1.165) is 59.6 Å². The second-order valence-corrected chi connectivity index (χ2v) is 9.88. The first-order valence-electron chi connectivity index (χ1n) is 12.8. The third kappa shape index (κ3) is 4.71. The van der Waals surface area contributed by atoms with Gasteiger partial charge in [-0.1, -0.05) is 12.1 Å². The van der Waals surface area contributed by atoms with Crippen LogP contribution < -0.4 is 14.2 Å². The normalized spacial score (nSPS) is 20.8. The fourth-order valence-corrected chi connectivity index (χ4v) is 5.54. The molecule has 2 unspecified atom stereocenters. The summed E-state index contributed by atoms with van der Waals surface area (Å²) in [6.45, 7) is 3.28. The Morgan fingerprint density at radius 3 is 2.46 bits per heavy atom. The first-order valence-corrected chi connectivity index (χ1v) is 12.8. The van der Waals surface area contributed by atoms with E-state index in [2.05, 4.69) is 4.90 Å². The Morgan fingerprint density at radius 1 is 0.946 bits per heavy atom. The van der Waals surface area contributed by atoms with Crippen molar-refractivity contribution < 1.29 is 28.8 Å². The van der Waals surface area contributed by atoms with Crippen molar-refractivity contribution in [2.75, 3.05) is 39.5 Å². The summed E-state index contributed by atoms with van der Waals surface area (Å²) in [6, 6.07) is 18.3. The summed E-state index contributed by atoms with van der Waals surface area (Å²) < 4.78 is 31.4. The van der Waals surface area contributed by atoms with Crippen LogP contribution in [0, 0.1) is 5.92 Å². The van der Waals surface area contributed by atoms with E-state index >= 15 is 0 Å². The van der Waals surface area contributed by atoms with E-state index in [1.54, 1.807) is 24.3 Å². The van der Waals surface area contributed by atoms with Crippen molar-refractivity contribution in [3.63, 3.8) is 0 Å². The molecule has 2 atom stereocenters. The maximum absolute atomic E-state index is 12.9. The van der Waals surface area contributed by atoms with E-state index in [0.29, 0.717) is 31.1 Å². The summed E-state index contributed by atoms with van der Waals surface area (Å²) in [4.78, 5) is 2.25. The van der Waals surface area contributed by atoms with Gasteiger partial charge in [0, 0.05) is 54.3 Å². The van der Waals surface area contributed by atoms with Gasteiger partial charge in [-0.2, -0.15) is 0 Å². The average molecular weight is 504 g/mol. The molecule has 3 aromatic rings. The number of alkyl halides is 1. The van der Waals surface area contributed by atoms with E-state index in [1.165, 1.54) is 0 Å². The Labute approximate surface area is 215 Å². The van der Waals surface area contributed by atoms with E-state index in [9.17, 15) is 14.6 Å². The third-order valence-corrected chi connectivity index (χ3v) is 7.43. The van der Waals surface area contributed by atoms with E-state index < -0.39 is 6.10 Å². The largest absolute Gasteiger partial charge is 0.508 e. The van der Waals surface area contributed by atoms with Crippen molar-refractivity contribution in [1.29, 1.82) is 0 Å². The van der Waals surface area contributed by atoms with Gasteiger partial charge in [0.1, 0.15) is 41.5 Å². The fourth-order valence-electron chi connectivity index (χ4n) is 5.54. The molecule has 0 amide bonds. The van der Waals surface area contributed by atoms with Crippen LogP contribution in [-0.2, 0) is 0 Å². The van der Waals surface area contributed by atoms with Gasteiger partial charge in [-0.25, -0.2) is 0 Å². The van der Waals surface area contributed by atoms with Crippen LogP contribution in [0.25, 0.3) is 11.1 Å². The van der Waals surface area contributed by atoms with Crippen LogP contribution in [0.1, 0.15) is 35.6 Å². The van der Waals surface area contributed by atoms with Gasteiger partial charge >= 0.3 is 0 Å². The zero-order chi connectivity index (χ0) is 25.4. The Balaban J connectivity index is 1.28. The SMILES string of the molecule is Oc1ccc2c(c1)OC(c1ccc(OCCN3CCC(CF)C3)cc1)C1=C2CCOc2cc(O)ccc21. The molecule has 6 nitrogen and oxygen atoms in total. The number of fused-ring (bicyclic) bond motifs is 4. The lowest BCUT2D eigenvalue weighted by molar-refractivity contribution is 0.228. The number of aromatic hydroxyl groups is 2. The Bertz CT molecular complexity index is 1320. The van der Waals surface area contributed by atoms with E-state index in [1.807, 2.05) is 36.4 Å². The van der Waals surface area contributed by atoms with Gasteiger partial charge < -0.3 is 24.4 Å². The third-order valence-electron chi connectivity index (χ3n) is 7.43. The number of rotatable bonds is 6. The van der Waals surface area contributed by atoms with Gasteiger partial charge in [0.15, 0.2) is 0 Å². The Morgan fingerprint density at radius 2 is 1.70 bits per heavy atom. The molecule has 0 spiro atoms. The number of halogens is 1. The minimum atomic E-state index is -0.425. The van der Waals surface area contributed by atoms with Gasteiger partial charge in [-0.15, -0.1) is 0 Å². The minimum absolute atomic E-state index is 0.149. The molecule has 0 aromatic heterocycles. The van der Waals surface area contributed by atoms with Crippen LogP contribution in [0.5, 0.6) is 28.7 Å². The molecule has 37 heavy (non-hydrogen) atoms. The lowest BCUT2D eigenvalue weighted by Crippen LogP contribution is -2.26. The van der Waals surface area contributed by atoms with E-state index in [4.69, 9.17) is 14.2 Å². The molecule has 192 valence electrons. The van der Waals surface area contributed by atoms with Crippen molar-refractivity contribution in [1.82, 2.24) is 4.90 Å². The summed E-state index contributed by atoms with van der Waals surface area (Å²) in [7, 11) is 0. The lowest BCUT2D eigenvalue weighted by Gasteiger charge is -2.31. The molecular formula is C30H30FNO5. The zero-order valence-electron chi connectivity index (χ0n) is 20.5. The smallest absolute Gasteiger partial charge is 0.150 e. The summed E-state index contributed by atoms with van der Waals surface area (Å²) >= 11 is 0. The van der Waals surface area contributed by atoms with Crippen LogP contribution in [0.15, 0.2) is 60.7 Å². The molecule has 3 aliphatic heterocycles. The van der Waals surface area contributed by atoms with Crippen LogP contribution in [0.2, 0.25) is 0 Å². The van der Waals surface area contributed by atoms with Gasteiger partial charge in [0.2, 0.25) is 0 Å². The second kappa shape index (κ2) is 9.98. The van der Waals surface area contributed by atoms with Gasteiger partial charge in [-0.3, -0.25) is 9.29 Å². The van der Waals surface area contributed by atoms with Gasteiger partial charge in [0.25, 0.3) is 0 Å². The molecule has 3 aliphatic rings. The van der Waals surface area contributed by atoms with Crippen LogP contribution in [0.3, 0.4) is 0 Å². The highest BCUT2D eigenvalue weighted by Crippen LogP contribution is 2.51. The van der Waals surface area contributed by atoms with Crippen molar-refractivity contribution in [2.24, 2.45) is 5.92 Å². The molecule has 0 bridgehead atoms. The highest BCUT2D eigenvalue weighted by Gasteiger charge is 2.34. The number of phenolic OH excluding ortho intramolecular Hbond substituents is 2. The van der Waals surface area contributed by atoms with Crippen molar-refractivity contribution >= 4 is 11.1 Å². The van der Waals surface area contributed by atoms with Crippen molar-refractivity contribution in [2.45, 2.75) is 18.9 Å². The second-order valence-electron chi connectivity index (χ2n) is 9.88. The summed E-state index contributed by atoms with van der Waals surface area (Å²) in [5.74, 6) is 2.47. The number of benzene rings is 3. The highest BCUT2D eigenvalue weighted by atomic mass is 19.1. The highest BCUT2D eigenvalue weighted by molar-refractivity contribution is 5.98. The Kier molecular flexibility index (Phi) is 6.38. The molecule has 3 aromatic carbocycles. The zero-order valence-corrected chi connectivity index (χ0v) is 20.5. The number of ether oxygens (including phenoxy) is 3. The van der Waals surface area contributed by atoms with Crippen molar-refractivity contribution in [3.05, 3.63) is 77.4 Å². The van der Waals surface area contributed by atoms with Crippen LogP contribution in [-0.4, -0.2) is 54.6 Å². The quantitative estimate of drug-likeness (QED) is 0.457. The number of phenols is 2. The number of nitrogens with zero attached hydrogens (tertiary/aromatic N) is 1. The number of likely N-dealkylation sites (tertiary alicyclic amines) is 1. The van der Waals surface area contributed by atoms with Crippen LogP contribution >= 0.6 is 0 Å². The van der Waals surface area contributed by atoms with Gasteiger partial charge in [0.05, 0.1) is 13.3 Å². The first kappa shape index (κ1) is 23.7. The van der Waals surface area contributed by atoms with Gasteiger partial charge in [-0.05, 0) is 60.5 Å². The first-order chi connectivity index (χ1) is 18.1. The molecule has 0 saturated carbocycles. The summed E-state index contributed by atoms with van der Waals surface area (Å²) in [5, 5.41) is 20.2. The molecule has 1 fully saturated rings. The topological polar surface area (TPSA) is 71.4 Å². The fraction of sp³-hybridized carbons (Fsp3) is 0.333. The average Bonchev–Trinajstić information content (AvgIpc) is 3.28. The predicted octanol–water partition coefficient (Wildman–Crippen LogP) is 5.60. The predicted molar refractivity (Wildman–Crippen MR) is 139 cm³/mol. The molecule has 0 radical (unpaired) electrons. The molecular weight excluding hydrogens is 473 g/mol. The van der Waals surface area contributed by atoms with Crippen LogP contribution in [0.4, 0.5) is 4.39 Å². The monoisotopic (exact) mass is 503 g/mol. The maximum atomic E-state index is 12.9. The van der Waals surface area contributed by atoms with Crippen molar-refractivity contribution in [3.8, 4) is 28.7 Å². The minimum Gasteiger partial charge on any atom is -0.508 e. The van der Waals surface area contributed by atoms with E-state index in [-0.39, 0.29) is 24.1 Å². The molecule has 1 saturated heterocycles. The standard InChI is InChI=1S/C30H30FNO5/c31-17-19-9-11-32(18-19)12-14-35-23-5-1-20(2-6-23)30-29-25(24-7-3-22(34)16-28(24)37-30)10-13-36-27-15-21(33)4-8-26(27)29/h1-8,15-16,19,30,33-34H,9-14,17-18H2. The molecule has 6 rings (SSSR count). The lowest BCUT2D eigenvalue weighted by atomic mass is 9.84. The number of hydrogen-bond acceptors (Lipinski definition) is 6. The summed E-state index contributed by atoms with van der Waals surface area (Å²) in [5.41, 5.74) is 4.86. The molecule has 0 aliphatic carbocycles. The molecule has 2 N–H and O–H groups in total. The number of hydrogen-bond donors (Lipinski definition) is 2. The molecule has 3 heterocycles.